The maximum Gasteiger partial charge on any atom is 0.216 e. The van der Waals surface area contributed by atoms with E-state index in [-0.39, 0.29) is 11.4 Å². The van der Waals surface area contributed by atoms with E-state index < -0.39 is 10.0 Å². The minimum Gasteiger partial charge on any atom is -0.393 e. The quantitative estimate of drug-likeness (QED) is 0.687. The van der Waals surface area contributed by atoms with Crippen LogP contribution in [0.3, 0.4) is 0 Å². The fraction of sp³-hybridized carbons (Fsp3) is 1.00. The molecule has 1 N–H and O–H groups in total. The van der Waals surface area contributed by atoms with Gasteiger partial charge in [-0.05, 0) is 25.7 Å². The van der Waals surface area contributed by atoms with Crippen molar-refractivity contribution in [1.29, 1.82) is 0 Å². The number of hydrogen-bond donors (Lipinski definition) is 1. The number of hydrogen-bond acceptors (Lipinski definition) is 3. The zero-order valence-corrected chi connectivity index (χ0v) is 8.33. The SMILES string of the molecule is O=S(=O)(C1CC1)N1CCC(O)CC1. The molecular formula is C8H15NO3S. The summed E-state index contributed by atoms with van der Waals surface area (Å²) in [6, 6.07) is 0. The van der Waals surface area contributed by atoms with Gasteiger partial charge in [0.2, 0.25) is 10.0 Å². The molecule has 1 saturated carbocycles. The van der Waals surface area contributed by atoms with Gasteiger partial charge in [-0.2, -0.15) is 0 Å². The van der Waals surface area contributed by atoms with Gasteiger partial charge in [-0.25, -0.2) is 12.7 Å². The van der Waals surface area contributed by atoms with Crippen LogP contribution in [0.5, 0.6) is 0 Å². The van der Waals surface area contributed by atoms with E-state index in [9.17, 15) is 13.5 Å². The molecule has 0 aromatic heterocycles. The Kier molecular flexibility index (Phi) is 2.33. The summed E-state index contributed by atoms with van der Waals surface area (Å²) in [6.07, 6.45) is 2.52. The second kappa shape index (κ2) is 3.22. The molecule has 0 spiro atoms. The van der Waals surface area contributed by atoms with Crippen molar-refractivity contribution >= 4 is 10.0 Å². The van der Waals surface area contributed by atoms with Crippen LogP contribution in [0.2, 0.25) is 0 Å². The molecule has 0 bridgehead atoms. The summed E-state index contributed by atoms with van der Waals surface area (Å²) in [7, 11) is -2.99. The van der Waals surface area contributed by atoms with Gasteiger partial charge in [-0.1, -0.05) is 0 Å². The predicted octanol–water partition coefficient (Wildman–Crippen LogP) is -0.0647. The summed E-state index contributed by atoms with van der Waals surface area (Å²) in [5.74, 6) is 0. The van der Waals surface area contributed by atoms with Crippen LogP contribution in [-0.4, -0.2) is 42.3 Å². The van der Waals surface area contributed by atoms with Gasteiger partial charge in [-0.3, -0.25) is 0 Å². The molecule has 0 aromatic rings. The van der Waals surface area contributed by atoms with E-state index in [1.807, 2.05) is 0 Å². The molecule has 0 radical (unpaired) electrons. The van der Waals surface area contributed by atoms with E-state index in [1.165, 1.54) is 4.31 Å². The third kappa shape index (κ3) is 1.87. The molecule has 0 amide bonds. The molecule has 13 heavy (non-hydrogen) atoms. The molecule has 0 unspecified atom stereocenters. The lowest BCUT2D eigenvalue weighted by molar-refractivity contribution is 0.113. The Balaban J connectivity index is 2.01. The number of rotatable bonds is 2. The molecule has 76 valence electrons. The van der Waals surface area contributed by atoms with E-state index in [1.54, 1.807) is 0 Å². The number of nitrogens with zero attached hydrogens (tertiary/aromatic N) is 1. The highest BCUT2D eigenvalue weighted by Crippen LogP contribution is 2.32. The summed E-state index contributed by atoms with van der Waals surface area (Å²) in [5, 5.41) is 9.12. The Morgan fingerprint density at radius 1 is 1.08 bits per heavy atom. The highest BCUT2D eigenvalue weighted by molar-refractivity contribution is 7.90. The number of aliphatic hydroxyl groups is 1. The first-order valence-corrected chi connectivity index (χ1v) is 6.28. The molecule has 5 heteroatoms. The summed E-state index contributed by atoms with van der Waals surface area (Å²) < 4.78 is 24.9. The third-order valence-corrected chi connectivity index (χ3v) is 5.13. The number of sulfonamides is 1. The molecule has 2 rings (SSSR count). The molecule has 0 atom stereocenters. The van der Waals surface area contributed by atoms with Crippen LogP contribution >= 0.6 is 0 Å². The Labute approximate surface area is 78.6 Å². The summed E-state index contributed by atoms with van der Waals surface area (Å²) in [4.78, 5) is 0. The van der Waals surface area contributed by atoms with Crippen LogP contribution in [0.25, 0.3) is 0 Å². The zero-order valence-electron chi connectivity index (χ0n) is 7.52. The maximum absolute atomic E-state index is 11.7. The summed E-state index contributed by atoms with van der Waals surface area (Å²) in [6.45, 7) is 1.00. The van der Waals surface area contributed by atoms with Crippen LogP contribution in [-0.2, 0) is 10.0 Å². The molecule has 1 heterocycles. The fourth-order valence-corrected chi connectivity index (χ4v) is 3.55. The van der Waals surface area contributed by atoms with Crippen molar-refractivity contribution in [3.05, 3.63) is 0 Å². The summed E-state index contributed by atoms with van der Waals surface area (Å²) in [5.41, 5.74) is 0. The van der Waals surface area contributed by atoms with Gasteiger partial charge in [-0.15, -0.1) is 0 Å². The first-order chi connectivity index (χ1) is 6.10. The third-order valence-electron chi connectivity index (χ3n) is 2.73. The standard InChI is InChI=1S/C8H15NO3S/c10-7-3-5-9(6-4-7)13(11,12)8-1-2-8/h7-8,10H,1-6H2. The van der Waals surface area contributed by atoms with Crippen LogP contribution in [0, 0.1) is 0 Å². The van der Waals surface area contributed by atoms with E-state index in [0.717, 1.165) is 12.8 Å². The molecule has 0 aromatic carbocycles. The van der Waals surface area contributed by atoms with Gasteiger partial charge in [0.1, 0.15) is 0 Å². The van der Waals surface area contributed by atoms with Crippen LogP contribution in [0.15, 0.2) is 0 Å². The molecule has 2 aliphatic rings. The second-order valence-corrected chi connectivity index (χ2v) is 6.09. The number of piperidine rings is 1. The maximum atomic E-state index is 11.7. The van der Waals surface area contributed by atoms with Gasteiger partial charge in [0.15, 0.2) is 0 Å². The minimum atomic E-state index is -2.99. The molecule has 1 saturated heterocycles. The highest BCUT2D eigenvalue weighted by Gasteiger charge is 2.40. The Hall–Kier alpha value is -0.130. The topological polar surface area (TPSA) is 57.6 Å². The van der Waals surface area contributed by atoms with Crippen molar-refractivity contribution in [3.63, 3.8) is 0 Å². The van der Waals surface area contributed by atoms with Gasteiger partial charge in [0.05, 0.1) is 11.4 Å². The van der Waals surface area contributed by atoms with Crippen molar-refractivity contribution in [1.82, 2.24) is 4.31 Å². The van der Waals surface area contributed by atoms with Crippen molar-refractivity contribution in [2.45, 2.75) is 37.0 Å². The lowest BCUT2D eigenvalue weighted by Gasteiger charge is -2.28. The Morgan fingerprint density at radius 3 is 2.08 bits per heavy atom. The second-order valence-electron chi connectivity index (χ2n) is 3.87. The smallest absolute Gasteiger partial charge is 0.216 e. The zero-order chi connectivity index (χ0) is 9.47. The molecular weight excluding hydrogens is 190 g/mol. The fourth-order valence-electron chi connectivity index (χ4n) is 1.67. The van der Waals surface area contributed by atoms with Gasteiger partial charge < -0.3 is 5.11 Å². The monoisotopic (exact) mass is 205 g/mol. The number of aliphatic hydroxyl groups excluding tert-OH is 1. The molecule has 1 aliphatic heterocycles. The van der Waals surface area contributed by atoms with Gasteiger partial charge >= 0.3 is 0 Å². The van der Waals surface area contributed by atoms with Crippen molar-refractivity contribution in [2.75, 3.05) is 13.1 Å². The van der Waals surface area contributed by atoms with Crippen molar-refractivity contribution in [3.8, 4) is 0 Å². The van der Waals surface area contributed by atoms with Crippen LogP contribution < -0.4 is 0 Å². The minimum absolute atomic E-state index is 0.109. The Morgan fingerprint density at radius 2 is 1.62 bits per heavy atom. The van der Waals surface area contributed by atoms with Crippen molar-refractivity contribution < 1.29 is 13.5 Å². The first kappa shape index (κ1) is 9.43. The van der Waals surface area contributed by atoms with E-state index in [4.69, 9.17) is 0 Å². The van der Waals surface area contributed by atoms with Gasteiger partial charge in [0.25, 0.3) is 0 Å². The molecule has 4 nitrogen and oxygen atoms in total. The highest BCUT2D eigenvalue weighted by atomic mass is 32.2. The predicted molar refractivity (Wildman–Crippen MR) is 48.8 cm³/mol. The van der Waals surface area contributed by atoms with E-state index in [2.05, 4.69) is 0 Å². The largest absolute Gasteiger partial charge is 0.393 e. The Bertz CT molecular complexity index is 276. The normalized spacial score (nSPS) is 27.8. The summed E-state index contributed by atoms with van der Waals surface area (Å²) >= 11 is 0. The molecule has 2 fully saturated rings. The average molecular weight is 205 g/mol. The van der Waals surface area contributed by atoms with Gasteiger partial charge in [0, 0.05) is 13.1 Å². The molecule has 1 aliphatic carbocycles. The average Bonchev–Trinajstić information content (AvgIpc) is 2.87. The van der Waals surface area contributed by atoms with Crippen LogP contribution in [0.4, 0.5) is 0 Å². The lowest BCUT2D eigenvalue weighted by Crippen LogP contribution is -2.41. The van der Waals surface area contributed by atoms with E-state index in [0.29, 0.717) is 25.9 Å². The van der Waals surface area contributed by atoms with Crippen LogP contribution in [0.1, 0.15) is 25.7 Å². The van der Waals surface area contributed by atoms with Crippen molar-refractivity contribution in [2.24, 2.45) is 0 Å². The first-order valence-electron chi connectivity index (χ1n) is 4.78. The van der Waals surface area contributed by atoms with E-state index >= 15 is 0 Å². The lowest BCUT2D eigenvalue weighted by atomic mass is 10.1.